The van der Waals surface area contributed by atoms with Crippen LogP contribution < -0.4 is 0 Å². The van der Waals surface area contributed by atoms with Crippen molar-refractivity contribution in [3.05, 3.63) is 11.9 Å². The number of rotatable bonds is 5. The van der Waals surface area contributed by atoms with Crippen molar-refractivity contribution < 1.29 is 14.6 Å². The molecule has 0 radical (unpaired) electrons. The fourth-order valence-electron chi connectivity index (χ4n) is 0.901. The second-order valence-corrected chi connectivity index (χ2v) is 2.70. The monoisotopic (exact) mass is 221 g/mol. The van der Waals surface area contributed by atoms with Gasteiger partial charge < -0.3 is 9.84 Å². The zero-order valence-electron chi connectivity index (χ0n) is 7.64. The summed E-state index contributed by atoms with van der Waals surface area (Å²) in [4.78, 5) is 10.1. The summed E-state index contributed by atoms with van der Waals surface area (Å²) in [5.74, 6) is -0.963. The molecule has 2 N–H and O–H groups in total. The first kappa shape index (κ1) is 12.9. The van der Waals surface area contributed by atoms with Gasteiger partial charge in [-0.2, -0.15) is 0 Å². The lowest BCUT2D eigenvalue weighted by atomic mass is 10.2. The van der Waals surface area contributed by atoms with Crippen molar-refractivity contribution >= 4 is 18.4 Å². The van der Waals surface area contributed by atoms with Gasteiger partial charge in [-0.3, -0.25) is 5.10 Å². The van der Waals surface area contributed by atoms with Crippen molar-refractivity contribution in [2.24, 2.45) is 0 Å². The predicted molar refractivity (Wildman–Crippen MR) is 50.4 cm³/mol. The highest BCUT2D eigenvalue weighted by atomic mass is 35.5. The Kier molecular flexibility index (Phi) is 5.82. The summed E-state index contributed by atoms with van der Waals surface area (Å²) in [5.41, 5.74) is 0.831. The summed E-state index contributed by atoms with van der Waals surface area (Å²) in [6, 6.07) is 0. The van der Waals surface area contributed by atoms with Gasteiger partial charge in [-0.1, -0.05) is 5.21 Å². The van der Waals surface area contributed by atoms with Gasteiger partial charge in [0.25, 0.3) is 0 Å². The summed E-state index contributed by atoms with van der Waals surface area (Å²) in [5, 5.41) is 18.1. The first-order valence-corrected chi connectivity index (χ1v) is 3.87. The minimum Gasteiger partial charge on any atom is -0.480 e. The molecule has 0 saturated carbocycles. The fraction of sp³-hybridized carbons (Fsp3) is 0.571. The molecule has 0 aromatic carbocycles. The van der Waals surface area contributed by atoms with Crippen molar-refractivity contribution in [3.8, 4) is 0 Å². The standard InChI is InChI=1S/C7H11N3O3.ClH/c1-5(13-4-7(11)12)2-6-3-8-10-9-6;/h3,5H,2,4H2,1H3,(H,11,12)(H,8,9,10);1H/t5-;/m1./s1. The van der Waals surface area contributed by atoms with E-state index >= 15 is 0 Å². The number of hydrogen-bond acceptors (Lipinski definition) is 4. The number of carbonyl (C=O) groups is 1. The molecule has 0 unspecified atom stereocenters. The number of hydrogen-bond donors (Lipinski definition) is 2. The Balaban J connectivity index is 0.00000169. The van der Waals surface area contributed by atoms with Crippen molar-refractivity contribution in [1.29, 1.82) is 0 Å². The Morgan fingerprint density at radius 2 is 2.50 bits per heavy atom. The molecule has 0 spiro atoms. The molecule has 1 rings (SSSR count). The van der Waals surface area contributed by atoms with Crippen LogP contribution in [0.25, 0.3) is 0 Å². The number of carboxylic acid groups (broad SMARTS) is 1. The van der Waals surface area contributed by atoms with E-state index in [1.54, 1.807) is 13.1 Å². The molecule has 0 fully saturated rings. The minimum atomic E-state index is -0.963. The molecule has 0 aliphatic rings. The van der Waals surface area contributed by atoms with Gasteiger partial charge in [0.1, 0.15) is 6.61 Å². The molecule has 1 aromatic rings. The van der Waals surface area contributed by atoms with Gasteiger partial charge in [-0.05, 0) is 6.92 Å². The maximum absolute atomic E-state index is 10.1. The maximum Gasteiger partial charge on any atom is 0.329 e. The Morgan fingerprint density at radius 3 is 3.00 bits per heavy atom. The fourth-order valence-corrected chi connectivity index (χ4v) is 0.901. The number of nitrogens with one attached hydrogen (secondary N) is 1. The van der Waals surface area contributed by atoms with Crippen LogP contribution in [0.15, 0.2) is 6.20 Å². The van der Waals surface area contributed by atoms with Gasteiger partial charge in [-0.25, -0.2) is 4.79 Å². The van der Waals surface area contributed by atoms with Crippen LogP contribution in [0, 0.1) is 0 Å². The average Bonchev–Trinajstić information content (AvgIpc) is 2.53. The number of ether oxygens (including phenoxy) is 1. The van der Waals surface area contributed by atoms with Crippen LogP contribution >= 0.6 is 12.4 Å². The second-order valence-electron chi connectivity index (χ2n) is 2.70. The lowest BCUT2D eigenvalue weighted by Crippen LogP contribution is -2.17. The first-order valence-electron chi connectivity index (χ1n) is 3.87. The molecule has 14 heavy (non-hydrogen) atoms. The van der Waals surface area contributed by atoms with E-state index in [-0.39, 0.29) is 25.1 Å². The van der Waals surface area contributed by atoms with E-state index < -0.39 is 5.97 Å². The average molecular weight is 222 g/mol. The Bertz CT molecular complexity index is 265. The highest BCUT2D eigenvalue weighted by Crippen LogP contribution is 2.00. The molecule has 0 saturated heterocycles. The molecule has 6 nitrogen and oxygen atoms in total. The van der Waals surface area contributed by atoms with Gasteiger partial charge in [0.05, 0.1) is 18.0 Å². The lowest BCUT2D eigenvalue weighted by Gasteiger charge is -2.08. The molecule has 0 aliphatic carbocycles. The van der Waals surface area contributed by atoms with E-state index in [0.717, 1.165) is 5.69 Å². The van der Waals surface area contributed by atoms with Crippen LogP contribution in [-0.4, -0.2) is 39.2 Å². The molecule has 1 atom stereocenters. The van der Waals surface area contributed by atoms with Crippen LogP contribution in [0.4, 0.5) is 0 Å². The Hall–Kier alpha value is -1.14. The van der Waals surface area contributed by atoms with Crippen LogP contribution in [-0.2, 0) is 16.0 Å². The van der Waals surface area contributed by atoms with E-state index in [4.69, 9.17) is 9.84 Å². The smallest absolute Gasteiger partial charge is 0.329 e. The first-order chi connectivity index (χ1) is 6.18. The van der Waals surface area contributed by atoms with Crippen molar-refractivity contribution in [2.45, 2.75) is 19.4 Å². The second kappa shape index (κ2) is 6.33. The molecule has 7 heteroatoms. The normalized spacial score (nSPS) is 11.8. The van der Waals surface area contributed by atoms with Gasteiger partial charge in [0.2, 0.25) is 0 Å². The number of nitrogens with zero attached hydrogens (tertiary/aromatic N) is 2. The summed E-state index contributed by atoms with van der Waals surface area (Å²) in [7, 11) is 0. The number of aromatic nitrogens is 3. The number of carboxylic acids is 1. The molecule has 0 bridgehead atoms. The third-order valence-corrected chi connectivity index (χ3v) is 1.46. The Labute approximate surface area is 87.1 Å². The number of aliphatic carboxylic acids is 1. The molecule has 1 aromatic heterocycles. The van der Waals surface area contributed by atoms with Gasteiger partial charge in [-0.15, -0.1) is 17.5 Å². The van der Waals surface area contributed by atoms with Crippen molar-refractivity contribution in [3.63, 3.8) is 0 Å². The zero-order chi connectivity index (χ0) is 9.68. The highest BCUT2D eigenvalue weighted by Gasteiger charge is 2.07. The predicted octanol–water partition coefficient (Wildman–Crippen LogP) is 0.259. The maximum atomic E-state index is 10.1. The molecular weight excluding hydrogens is 210 g/mol. The highest BCUT2D eigenvalue weighted by molar-refractivity contribution is 5.85. The van der Waals surface area contributed by atoms with E-state index in [1.807, 2.05) is 0 Å². The van der Waals surface area contributed by atoms with Gasteiger partial charge >= 0.3 is 5.97 Å². The summed E-state index contributed by atoms with van der Waals surface area (Å²) in [6.07, 6.45) is 2.01. The third-order valence-electron chi connectivity index (χ3n) is 1.46. The van der Waals surface area contributed by atoms with Gasteiger partial charge in [0.15, 0.2) is 0 Å². The van der Waals surface area contributed by atoms with Crippen molar-refractivity contribution in [1.82, 2.24) is 15.4 Å². The van der Waals surface area contributed by atoms with Gasteiger partial charge in [0, 0.05) is 6.42 Å². The Morgan fingerprint density at radius 1 is 1.79 bits per heavy atom. The van der Waals surface area contributed by atoms with E-state index in [9.17, 15) is 4.79 Å². The minimum absolute atomic E-state index is 0. The molecular formula is C7H12ClN3O3. The van der Waals surface area contributed by atoms with Crippen LogP contribution in [0.3, 0.4) is 0 Å². The van der Waals surface area contributed by atoms with E-state index in [0.29, 0.717) is 6.42 Å². The van der Waals surface area contributed by atoms with Crippen LogP contribution in [0.5, 0.6) is 0 Å². The zero-order valence-corrected chi connectivity index (χ0v) is 8.45. The van der Waals surface area contributed by atoms with Crippen molar-refractivity contribution in [2.75, 3.05) is 6.61 Å². The molecule has 1 heterocycles. The van der Waals surface area contributed by atoms with Crippen LogP contribution in [0.2, 0.25) is 0 Å². The number of aromatic amines is 1. The summed E-state index contributed by atoms with van der Waals surface area (Å²) >= 11 is 0. The quantitative estimate of drug-likeness (QED) is 0.745. The molecule has 0 aliphatic heterocycles. The summed E-state index contributed by atoms with van der Waals surface area (Å²) in [6.45, 7) is 1.52. The molecule has 0 amide bonds. The SMILES string of the molecule is C[C@H](Cc1cnn[nH]1)OCC(=O)O.Cl. The van der Waals surface area contributed by atoms with E-state index in [1.165, 1.54) is 0 Å². The largest absolute Gasteiger partial charge is 0.480 e. The topological polar surface area (TPSA) is 88.1 Å². The lowest BCUT2D eigenvalue weighted by molar-refractivity contribution is -0.144. The number of H-pyrrole nitrogens is 1. The van der Waals surface area contributed by atoms with E-state index in [2.05, 4.69) is 15.4 Å². The van der Waals surface area contributed by atoms with Crippen LogP contribution in [0.1, 0.15) is 12.6 Å². The summed E-state index contributed by atoms with van der Waals surface area (Å²) < 4.78 is 5.00. The molecule has 80 valence electrons. The third kappa shape index (κ3) is 4.78. The number of halogens is 1.